The second kappa shape index (κ2) is 4.41. The number of nitrogens with zero attached hydrogens (tertiary/aromatic N) is 1. The summed E-state index contributed by atoms with van der Waals surface area (Å²) in [4.78, 5) is 4.13. The van der Waals surface area contributed by atoms with Gasteiger partial charge in [-0.3, -0.25) is 4.90 Å². The SMILES string of the molecule is CC(c1ccc(Br)s1)N1CC2CNCC2C1. The van der Waals surface area contributed by atoms with Crippen LogP contribution in [-0.4, -0.2) is 31.1 Å². The molecule has 1 N–H and O–H groups in total. The molecule has 3 unspecified atom stereocenters. The average molecular weight is 301 g/mol. The van der Waals surface area contributed by atoms with Crippen molar-refractivity contribution in [2.75, 3.05) is 26.2 Å². The second-order valence-electron chi connectivity index (χ2n) is 4.95. The highest BCUT2D eigenvalue weighted by Gasteiger charge is 2.38. The van der Waals surface area contributed by atoms with Gasteiger partial charge in [-0.15, -0.1) is 11.3 Å². The van der Waals surface area contributed by atoms with Crippen LogP contribution in [0.1, 0.15) is 17.8 Å². The van der Waals surface area contributed by atoms with E-state index in [9.17, 15) is 0 Å². The molecule has 2 saturated heterocycles. The summed E-state index contributed by atoms with van der Waals surface area (Å²) in [6.07, 6.45) is 0. The molecule has 0 bridgehead atoms. The van der Waals surface area contributed by atoms with Crippen LogP contribution in [0.5, 0.6) is 0 Å². The Morgan fingerprint density at radius 2 is 2.06 bits per heavy atom. The predicted molar refractivity (Wildman–Crippen MR) is 71.9 cm³/mol. The summed E-state index contributed by atoms with van der Waals surface area (Å²) >= 11 is 5.42. The maximum absolute atomic E-state index is 3.55. The van der Waals surface area contributed by atoms with Crippen LogP contribution in [0.25, 0.3) is 0 Å². The zero-order chi connectivity index (χ0) is 11.1. The lowest BCUT2D eigenvalue weighted by molar-refractivity contribution is 0.247. The summed E-state index contributed by atoms with van der Waals surface area (Å²) in [6, 6.07) is 5.00. The first kappa shape index (κ1) is 11.2. The van der Waals surface area contributed by atoms with Gasteiger partial charge in [-0.2, -0.15) is 0 Å². The van der Waals surface area contributed by atoms with Crippen molar-refractivity contribution in [3.05, 3.63) is 20.8 Å². The van der Waals surface area contributed by atoms with Crippen LogP contribution in [-0.2, 0) is 0 Å². The topological polar surface area (TPSA) is 15.3 Å². The molecule has 0 spiro atoms. The first-order valence-electron chi connectivity index (χ1n) is 5.94. The molecule has 4 heteroatoms. The molecule has 0 amide bonds. The molecular weight excluding hydrogens is 284 g/mol. The Balaban J connectivity index is 1.70. The van der Waals surface area contributed by atoms with Crippen LogP contribution in [0.15, 0.2) is 15.9 Å². The zero-order valence-corrected chi connectivity index (χ0v) is 11.9. The normalized spacial score (nSPS) is 31.9. The Morgan fingerprint density at radius 1 is 1.38 bits per heavy atom. The highest BCUT2D eigenvalue weighted by molar-refractivity contribution is 9.11. The minimum absolute atomic E-state index is 0.585. The summed E-state index contributed by atoms with van der Waals surface area (Å²) in [5.41, 5.74) is 0. The van der Waals surface area contributed by atoms with E-state index in [0.717, 1.165) is 11.8 Å². The van der Waals surface area contributed by atoms with E-state index >= 15 is 0 Å². The van der Waals surface area contributed by atoms with Gasteiger partial charge in [0, 0.05) is 24.0 Å². The molecular formula is C12H17BrN2S. The Bertz CT molecular complexity index is 367. The first-order chi connectivity index (χ1) is 7.74. The third kappa shape index (κ3) is 1.96. The number of thiophene rings is 1. The second-order valence-corrected chi connectivity index (χ2v) is 7.44. The van der Waals surface area contributed by atoms with Crippen molar-refractivity contribution in [1.82, 2.24) is 10.2 Å². The third-order valence-electron chi connectivity index (χ3n) is 3.97. The van der Waals surface area contributed by atoms with Crippen LogP contribution in [0.2, 0.25) is 0 Å². The number of halogens is 1. The summed E-state index contributed by atoms with van der Waals surface area (Å²) in [5.74, 6) is 1.79. The monoisotopic (exact) mass is 300 g/mol. The van der Waals surface area contributed by atoms with Crippen molar-refractivity contribution >= 4 is 27.3 Å². The van der Waals surface area contributed by atoms with E-state index in [4.69, 9.17) is 0 Å². The summed E-state index contributed by atoms with van der Waals surface area (Å²) in [7, 11) is 0. The van der Waals surface area contributed by atoms with Crippen molar-refractivity contribution in [2.45, 2.75) is 13.0 Å². The van der Waals surface area contributed by atoms with Gasteiger partial charge in [0.1, 0.15) is 0 Å². The van der Waals surface area contributed by atoms with Crippen LogP contribution in [0, 0.1) is 11.8 Å². The van der Waals surface area contributed by atoms with E-state index in [1.807, 2.05) is 11.3 Å². The summed E-state index contributed by atoms with van der Waals surface area (Å²) in [5, 5.41) is 3.50. The molecule has 0 saturated carbocycles. The van der Waals surface area contributed by atoms with Gasteiger partial charge in [0.2, 0.25) is 0 Å². The van der Waals surface area contributed by atoms with Gasteiger partial charge >= 0.3 is 0 Å². The molecule has 3 rings (SSSR count). The molecule has 1 aromatic heterocycles. The highest BCUT2D eigenvalue weighted by atomic mass is 79.9. The zero-order valence-electron chi connectivity index (χ0n) is 9.45. The van der Waals surface area contributed by atoms with Gasteiger partial charge in [0.05, 0.1) is 3.79 Å². The summed E-state index contributed by atoms with van der Waals surface area (Å²) < 4.78 is 1.25. The number of fused-ring (bicyclic) bond motifs is 1. The van der Waals surface area contributed by atoms with Crippen molar-refractivity contribution < 1.29 is 0 Å². The fraction of sp³-hybridized carbons (Fsp3) is 0.667. The predicted octanol–water partition coefficient (Wildman–Crippen LogP) is 2.72. The summed E-state index contributed by atoms with van der Waals surface area (Å²) in [6.45, 7) is 7.33. The fourth-order valence-corrected chi connectivity index (χ4v) is 4.45. The smallest absolute Gasteiger partial charge is 0.0701 e. The average Bonchev–Trinajstić information content (AvgIpc) is 2.89. The number of nitrogens with one attached hydrogen (secondary N) is 1. The quantitative estimate of drug-likeness (QED) is 0.903. The van der Waals surface area contributed by atoms with Crippen molar-refractivity contribution in [1.29, 1.82) is 0 Å². The van der Waals surface area contributed by atoms with E-state index in [1.54, 1.807) is 0 Å². The largest absolute Gasteiger partial charge is 0.316 e. The molecule has 2 aliphatic heterocycles. The lowest BCUT2D eigenvalue weighted by atomic mass is 10.0. The van der Waals surface area contributed by atoms with Crippen LogP contribution in [0.3, 0.4) is 0 Å². The molecule has 2 aliphatic rings. The lowest BCUT2D eigenvalue weighted by Gasteiger charge is -2.24. The van der Waals surface area contributed by atoms with Crippen molar-refractivity contribution in [3.8, 4) is 0 Å². The molecule has 1 aromatic rings. The van der Waals surface area contributed by atoms with Gasteiger partial charge in [-0.25, -0.2) is 0 Å². The minimum atomic E-state index is 0.585. The van der Waals surface area contributed by atoms with E-state index < -0.39 is 0 Å². The van der Waals surface area contributed by atoms with Crippen molar-refractivity contribution in [2.24, 2.45) is 11.8 Å². The molecule has 3 heterocycles. The Labute approximate surface area is 109 Å². The fourth-order valence-electron chi connectivity index (χ4n) is 2.94. The molecule has 0 aliphatic carbocycles. The first-order valence-corrected chi connectivity index (χ1v) is 7.55. The maximum atomic E-state index is 3.55. The minimum Gasteiger partial charge on any atom is -0.316 e. The van der Waals surface area contributed by atoms with E-state index in [0.29, 0.717) is 6.04 Å². The van der Waals surface area contributed by atoms with Crippen LogP contribution in [0.4, 0.5) is 0 Å². The van der Waals surface area contributed by atoms with E-state index in [1.165, 1.54) is 34.8 Å². The van der Waals surface area contributed by atoms with Gasteiger partial charge in [-0.1, -0.05) is 0 Å². The Hall–Kier alpha value is 0.1000. The van der Waals surface area contributed by atoms with Crippen molar-refractivity contribution in [3.63, 3.8) is 0 Å². The molecule has 2 nitrogen and oxygen atoms in total. The highest BCUT2D eigenvalue weighted by Crippen LogP contribution is 2.36. The molecule has 0 radical (unpaired) electrons. The van der Waals surface area contributed by atoms with E-state index in [-0.39, 0.29) is 0 Å². The van der Waals surface area contributed by atoms with Gasteiger partial charge in [0.15, 0.2) is 0 Å². The maximum Gasteiger partial charge on any atom is 0.0701 e. The standard InChI is InChI=1S/C12H17BrN2S/c1-8(11-2-3-12(13)16-11)15-6-9-4-14-5-10(9)7-15/h2-3,8-10,14H,4-7H2,1H3. The number of hydrogen-bond acceptors (Lipinski definition) is 3. The number of rotatable bonds is 2. The number of likely N-dealkylation sites (tertiary alicyclic amines) is 1. The van der Waals surface area contributed by atoms with E-state index in [2.05, 4.69) is 45.2 Å². The Morgan fingerprint density at radius 3 is 2.62 bits per heavy atom. The van der Waals surface area contributed by atoms with Crippen LogP contribution < -0.4 is 5.32 Å². The molecule has 3 atom stereocenters. The molecule has 0 aromatic carbocycles. The van der Waals surface area contributed by atoms with Gasteiger partial charge in [0.25, 0.3) is 0 Å². The van der Waals surface area contributed by atoms with Gasteiger partial charge in [-0.05, 0) is 59.9 Å². The van der Waals surface area contributed by atoms with Gasteiger partial charge < -0.3 is 5.32 Å². The Kier molecular flexibility index (Phi) is 3.09. The molecule has 16 heavy (non-hydrogen) atoms. The lowest BCUT2D eigenvalue weighted by Crippen LogP contribution is -2.28. The third-order valence-corrected chi connectivity index (χ3v) is 5.77. The molecule has 88 valence electrons. The van der Waals surface area contributed by atoms with Crippen LogP contribution >= 0.6 is 27.3 Å². The molecule has 2 fully saturated rings. The number of hydrogen-bond donors (Lipinski definition) is 1.